The van der Waals surface area contributed by atoms with Gasteiger partial charge in [0.1, 0.15) is 5.82 Å². The standard InChI is InChI=1S/C17H18FN3O4S/c1-21(9-11-4-3-5-12(18)6-11)15(23)10-26-17-19-13(7-14(22)20-17)8-16(24)25-2/h3-7H,8-10H2,1-2H3,(H,19,20,22). The highest BCUT2D eigenvalue weighted by Gasteiger charge is 2.13. The van der Waals surface area contributed by atoms with Crippen molar-refractivity contribution in [2.75, 3.05) is 19.9 Å². The first-order valence-corrected chi connectivity index (χ1v) is 8.64. The molecule has 0 spiro atoms. The van der Waals surface area contributed by atoms with Crippen molar-refractivity contribution in [1.82, 2.24) is 14.9 Å². The minimum Gasteiger partial charge on any atom is -0.469 e. The van der Waals surface area contributed by atoms with Crippen molar-refractivity contribution < 1.29 is 18.7 Å². The summed E-state index contributed by atoms with van der Waals surface area (Å²) in [6.07, 6.45) is -0.124. The number of nitrogens with one attached hydrogen (secondary N) is 1. The van der Waals surface area contributed by atoms with E-state index in [0.29, 0.717) is 5.56 Å². The summed E-state index contributed by atoms with van der Waals surface area (Å²) in [6, 6.07) is 7.23. The van der Waals surface area contributed by atoms with Crippen molar-refractivity contribution in [3.8, 4) is 0 Å². The average molecular weight is 379 g/mol. The number of ether oxygens (including phenoxy) is 1. The summed E-state index contributed by atoms with van der Waals surface area (Å²) < 4.78 is 17.7. The monoisotopic (exact) mass is 379 g/mol. The van der Waals surface area contributed by atoms with Crippen LogP contribution < -0.4 is 5.56 Å². The van der Waals surface area contributed by atoms with E-state index >= 15 is 0 Å². The van der Waals surface area contributed by atoms with Crippen LogP contribution in [0.4, 0.5) is 4.39 Å². The van der Waals surface area contributed by atoms with Gasteiger partial charge in [0.05, 0.1) is 25.0 Å². The fourth-order valence-corrected chi connectivity index (χ4v) is 2.94. The number of esters is 1. The Bertz CT molecular complexity index is 856. The molecule has 9 heteroatoms. The van der Waals surface area contributed by atoms with Crippen molar-refractivity contribution in [2.45, 2.75) is 18.1 Å². The number of thioether (sulfide) groups is 1. The molecule has 0 radical (unpaired) electrons. The molecular weight excluding hydrogens is 361 g/mol. The highest BCUT2D eigenvalue weighted by molar-refractivity contribution is 7.99. The molecular formula is C17H18FN3O4S. The second-order valence-electron chi connectivity index (χ2n) is 5.46. The predicted octanol–water partition coefficient (Wildman–Crippen LogP) is 1.38. The largest absolute Gasteiger partial charge is 0.469 e. The molecule has 0 fully saturated rings. The second-order valence-corrected chi connectivity index (χ2v) is 6.43. The minimum atomic E-state index is -0.509. The number of amides is 1. The van der Waals surface area contributed by atoms with E-state index in [-0.39, 0.29) is 41.3 Å². The quantitative estimate of drug-likeness (QED) is 0.444. The van der Waals surface area contributed by atoms with E-state index in [1.165, 1.54) is 30.2 Å². The Kier molecular flexibility index (Phi) is 6.90. The molecule has 1 N–H and O–H groups in total. The van der Waals surface area contributed by atoms with Gasteiger partial charge in [-0.15, -0.1) is 0 Å². The lowest BCUT2D eigenvalue weighted by Crippen LogP contribution is -2.28. The Balaban J connectivity index is 1.95. The normalized spacial score (nSPS) is 10.4. The Hall–Kier alpha value is -2.68. The summed E-state index contributed by atoms with van der Waals surface area (Å²) in [5.74, 6) is -1.04. The molecule has 26 heavy (non-hydrogen) atoms. The molecule has 2 rings (SSSR count). The maximum absolute atomic E-state index is 13.2. The van der Waals surface area contributed by atoms with Crippen LogP contribution >= 0.6 is 11.8 Å². The molecule has 0 atom stereocenters. The maximum atomic E-state index is 13.2. The van der Waals surface area contributed by atoms with Crippen molar-refractivity contribution in [3.63, 3.8) is 0 Å². The van der Waals surface area contributed by atoms with Crippen LogP contribution in [0, 0.1) is 5.82 Å². The number of benzene rings is 1. The molecule has 1 amide bonds. The summed E-state index contributed by atoms with van der Waals surface area (Å²) in [5, 5.41) is 0.240. The number of hydrogen-bond acceptors (Lipinski definition) is 6. The van der Waals surface area contributed by atoms with E-state index in [1.54, 1.807) is 19.2 Å². The first kappa shape index (κ1) is 19.6. The number of halogens is 1. The number of nitrogens with zero attached hydrogens (tertiary/aromatic N) is 2. The summed E-state index contributed by atoms with van der Waals surface area (Å²) in [4.78, 5) is 43.3. The molecule has 0 aliphatic heterocycles. The first-order valence-electron chi connectivity index (χ1n) is 7.65. The highest BCUT2D eigenvalue weighted by Crippen LogP contribution is 2.14. The highest BCUT2D eigenvalue weighted by atomic mass is 32.2. The summed E-state index contributed by atoms with van der Waals surface area (Å²) >= 11 is 1.05. The maximum Gasteiger partial charge on any atom is 0.311 e. The number of aromatic amines is 1. The van der Waals surface area contributed by atoms with Crippen molar-refractivity contribution in [3.05, 3.63) is 57.8 Å². The van der Waals surface area contributed by atoms with E-state index in [0.717, 1.165) is 11.8 Å². The van der Waals surface area contributed by atoms with Gasteiger partial charge in [-0.1, -0.05) is 23.9 Å². The molecule has 1 aromatic heterocycles. The number of H-pyrrole nitrogens is 1. The van der Waals surface area contributed by atoms with Gasteiger partial charge in [-0.3, -0.25) is 14.4 Å². The van der Waals surface area contributed by atoms with E-state index in [9.17, 15) is 18.8 Å². The molecule has 0 unspecified atom stereocenters. The van der Waals surface area contributed by atoms with Crippen LogP contribution in [-0.2, 0) is 27.3 Å². The van der Waals surface area contributed by atoms with E-state index in [1.807, 2.05) is 0 Å². The molecule has 1 aromatic carbocycles. The second kappa shape index (κ2) is 9.14. The number of rotatable bonds is 7. The lowest BCUT2D eigenvalue weighted by Gasteiger charge is -2.17. The van der Waals surface area contributed by atoms with Crippen LogP contribution in [0.5, 0.6) is 0 Å². The SMILES string of the molecule is COC(=O)Cc1cc(=O)[nH]c(SCC(=O)N(C)Cc2cccc(F)c2)n1. The number of carbonyl (C=O) groups is 2. The van der Waals surface area contributed by atoms with Crippen LogP contribution in [0.15, 0.2) is 40.3 Å². The fourth-order valence-electron chi connectivity index (χ4n) is 2.10. The summed E-state index contributed by atoms with van der Waals surface area (Å²) in [7, 11) is 2.86. The van der Waals surface area contributed by atoms with Crippen LogP contribution in [0.2, 0.25) is 0 Å². The number of methoxy groups -OCH3 is 1. The molecule has 138 valence electrons. The van der Waals surface area contributed by atoms with Gasteiger partial charge >= 0.3 is 5.97 Å². The molecule has 0 bridgehead atoms. The Morgan fingerprint density at radius 1 is 1.35 bits per heavy atom. The van der Waals surface area contributed by atoms with Crippen LogP contribution in [-0.4, -0.2) is 46.7 Å². The van der Waals surface area contributed by atoms with Crippen LogP contribution in [0.1, 0.15) is 11.3 Å². The van der Waals surface area contributed by atoms with E-state index in [4.69, 9.17) is 0 Å². The van der Waals surface area contributed by atoms with Crippen LogP contribution in [0.25, 0.3) is 0 Å². The number of hydrogen-bond donors (Lipinski definition) is 1. The summed E-state index contributed by atoms with van der Waals surface area (Å²) in [5.41, 5.74) is 0.531. The van der Waals surface area contributed by atoms with Crippen molar-refractivity contribution >= 4 is 23.6 Å². The van der Waals surface area contributed by atoms with Crippen LogP contribution in [0.3, 0.4) is 0 Å². The molecule has 2 aromatic rings. The third-order valence-corrected chi connectivity index (χ3v) is 4.25. The van der Waals surface area contributed by atoms with Crippen molar-refractivity contribution in [1.29, 1.82) is 0 Å². The van der Waals surface area contributed by atoms with Gasteiger partial charge in [-0.05, 0) is 17.7 Å². The topological polar surface area (TPSA) is 92.4 Å². The summed E-state index contributed by atoms with van der Waals surface area (Å²) in [6.45, 7) is 0.267. The molecule has 0 aliphatic rings. The average Bonchev–Trinajstić information content (AvgIpc) is 2.59. The third kappa shape index (κ3) is 5.99. The zero-order valence-electron chi connectivity index (χ0n) is 14.3. The van der Waals surface area contributed by atoms with Gasteiger partial charge in [0.25, 0.3) is 5.56 Å². The van der Waals surface area contributed by atoms with Gasteiger partial charge in [-0.2, -0.15) is 0 Å². The third-order valence-electron chi connectivity index (χ3n) is 3.39. The van der Waals surface area contributed by atoms with Gasteiger partial charge < -0.3 is 14.6 Å². The Morgan fingerprint density at radius 3 is 2.81 bits per heavy atom. The van der Waals surface area contributed by atoms with E-state index in [2.05, 4.69) is 14.7 Å². The lowest BCUT2D eigenvalue weighted by molar-refractivity contribution is -0.139. The van der Waals surface area contributed by atoms with Gasteiger partial charge in [0, 0.05) is 19.7 Å². The Morgan fingerprint density at radius 2 is 2.12 bits per heavy atom. The first-order chi connectivity index (χ1) is 12.4. The fraction of sp³-hybridized carbons (Fsp3) is 0.294. The molecule has 7 nitrogen and oxygen atoms in total. The van der Waals surface area contributed by atoms with Gasteiger partial charge in [0.2, 0.25) is 5.91 Å². The minimum absolute atomic E-state index is 0.0381. The lowest BCUT2D eigenvalue weighted by atomic mass is 10.2. The van der Waals surface area contributed by atoms with Gasteiger partial charge in [-0.25, -0.2) is 9.37 Å². The smallest absolute Gasteiger partial charge is 0.311 e. The number of carbonyl (C=O) groups excluding carboxylic acids is 2. The zero-order chi connectivity index (χ0) is 19.1. The number of aromatic nitrogens is 2. The van der Waals surface area contributed by atoms with E-state index < -0.39 is 11.5 Å². The zero-order valence-corrected chi connectivity index (χ0v) is 15.1. The van der Waals surface area contributed by atoms with Gasteiger partial charge in [0.15, 0.2) is 5.16 Å². The molecule has 0 saturated carbocycles. The predicted molar refractivity (Wildman–Crippen MR) is 94.2 cm³/mol. The molecule has 1 heterocycles. The molecule has 0 saturated heterocycles. The molecule has 0 aliphatic carbocycles. The Labute approximate surface area is 153 Å². The van der Waals surface area contributed by atoms with Crippen molar-refractivity contribution in [2.24, 2.45) is 0 Å².